The van der Waals surface area contributed by atoms with Crippen LogP contribution in [0.2, 0.25) is 0 Å². The molecule has 3 nitrogen and oxygen atoms in total. The van der Waals surface area contributed by atoms with Crippen molar-refractivity contribution in [2.75, 3.05) is 0 Å². The molecule has 0 unspecified atom stereocenters. The van der Waals surface area contributed by atoms with Crippen LogP contribution in [0.4, 0.5) is 0 Å². The third kappa shape index (κ3) is 3.41. The summed E-state index contributed by atoms with van der Waals surface area (Å²) in [6, 6.07) is 2.13. The molecule has 0 aromatic carbocycles. The molecular formula is C10H13Cl3N2O. The van der Waals surface area contributed by atoms with Gasteiger partial charge in [0.05, 0.1) is 6.07 Å². The minimum Gasteiger partial charge on any atom is -0.334 e. The fourth-order valence-electron chi connectivity index (χ4n) is 1.81. The van der Waals surface area contributed by atoms with Gasteiger partial charge in [-0.1, -0.05) is 41.7 Å². The van der Waals surface area contributed by atoms with Crippen LogP contribution in [0.3, 0.4) is 0 Å². The molecule has 1 aliphatic carbocycles. The maximum Gasteiger partial charge on any atom is 0.273 e. The molecule has 0 aromatic heterocycles. The van der Waals surface area contributed by atoms with Gasteiger partial charge in [0.2, 0.25) is 0 Å². The van der Waals surface area contributed by atoms with E-state index in [9.17, 15) is 4.79 Å². The molecule has 0 bridgehead atoms. The zero-order chi connectivity index (χ0) is 12.4. The van der Waals surface area contributed by atoms with E-state index in [2.05, 4.69) is 18.3 Å². The number of rotatable bonds is 1. The summed E-state index contributed by atoms with van der Waals surface area (Å²) in [5, 5.41) is 11.7. The standard InChI is InChI=1S/C10H13Cl3N2O/c1-7-2-4-9(6-14,5-3-7)15-8(16)10(11,12)13/h7H,2-5H2,1H3,(H,15,16). The smallest absolute Gasteiger partial charge is 0.273 e. The van der Waals surface area contributed by atoms with Crippen LogP contribution in [0.15, 0.2) is 0 Å². The van der Waals surface area contributed by atoms with Crippen molar-refractivity contribution in [1.29, 1.82) is 5.26 Å². The topological polar surface area (TPSA) is 52.9 Å². The minimum atomic E-state index is -2.01. The first kappa shape index (κ1) is 13.9. The Bertz CT molecular complexity index is 311. The Morgan fingerprint density at radius 2 is 1.94 bits per heavy atom. The van der Waals surface area contributed by atoms with Crippen molar-refractivity contribution in [3.63, 3.8) is 0 Å². The molecule has 1 fully saturated rings. The normalized spacial score (nSPS) is 30.6. The number of carbonyl (C=O) groups excluding carboxylic acids is 1. The molecule has 0 aliphatic heterocycles. The van der Waals surface area contributed by atoms with Gasteiger partial charge in [-0.15, -0.1) is 0 Å². The number of nitrogens with one attached hydrogen (secondary N) is 1. The highest BCUT2D eigenvalue weighted by Gasteiger charge is 2.41. The molecule has 0 saturated heterocycles. The maximum absolute atomic E-state index is 11.5. The van der Waals surface area contributed by atoms with Crippen LogP contribution in [-0.2, 0) is 4.79 Å². The molecule has 0 heterocycles. The third-order valence-corrected chi connectivity index (χ3v) is 3.47. The SMILES string of the molecule is CC1CCC(C#N)(NC(=O)C(Cl)(Cl)Cl)CC1. The highest BCUT2D eigenvalue weighted by molar-refractivity contribution is 6.76. The second kappa shape index (κ2) is 5.00. The monoisotopic (exact) mass is 282 g/mol. The van der Waals surface area contributed by atoms with E-state index >= 15 is 0 Å². The van der Waals surface area contributed by atoms with Crippen LogP contribution in [0.25, 0.3) is 0 Å². The van der Waals surface area contributed by atoms with E-state index in [0.717, 1.165) is 12.8 Å². The molecular weight excluding hydrogens is 270 g/mol. The Morgan fingerprint density at radius 3 is 2.31 bits per heavy atom. The van der Waals surface area contributed by atoms with Gasteiger partial charge in [-0.05, 0) is 31.6 Å². The van der Waals surface area contributed by atoms with E-state index in [0.29, 0.717) is 18.8 Å². The predicted octanol–water partition coefficient (Wildman–Crippen LogP) is 2.95. The van der Waals surface area contributed by atoms with Gasteiger partial charge in [0, 0.05) is 0 Å². The summed E-state index contributed by atoms with van der Waals surface area (Å²) >= 11 is 16.4. The predicted molar refractivity (Wildman–Crippen MR) is 64.4 cm³/mol. The maximum atomic E-state index is 11.5. The van der Waals surface area contributed by atoms with E-state index in [1.807, 2.05) is 0 Å². The van der Waals surface area contributed by atoms with Gasteiger partial charge in [0.25, 0.3) is 9.70 Å². The lowest BCUT2D eigenvalue weighted by atomic mass is 9.78. The highest BCUT2D eigenvalue weighted by atomic mass is 35.6. The zero-order valence-corrected chi connectivity index (χ0v) is 11.2. The number of hydrogen-bond acceptors (Lipinski definition) is 2. The molecule has 0 aromatic rings. The van der Waals surface area contributed by atoms with E-state index in [1.54, 1.807) is 0 Å². The number of carbonyl (C=O) groups is 1. The molecule has 0 atom stereocenters. The summed E-state index contributed by atoms with van der Waals surface area (Å²) in [7, 11) is 0. The Hall–Kier alpha value is -0.170. The Kier molecular flexibility index (Phi) is 4.34. The molecule has 0 radical (unpaired) electrons. The average Bonchev–Trinajstić information content (AvgIpc) is 2.20. The molecule has 1 saturated carbocycles. The molecule has 90 valence electrons. The van der Waals surface area contributed by atoms with Gasteiger partial charge in [0.1, 0.15) is 5.54 Å². The Morgan fingerprint density at radius 1 is 1.44 bits per heavy atom. The van der Waals surface area contributed by atoms with Crippen molar-refractivity contribution < 1.29 is 4.79 Å². The zero-order valence-electron chi connectivity index (χ0n) is 8.90. The Balaban J connectivity index is 2.70. The quantitative estimate of drug-likeness (QED) is 0.752. The summed E-state index contributed by atoms with van der Waals surface area (Å²) in [4.78, 5) is 11.5. The van der Waals surface area contributed by atoms with E-state index < -0.39 is 15.2 Å². The van der Waals surface area contributed by atoms with E-state index in [1.165, 1.54) is 0 Å². The van der Waals surface area contributed by atoms with Gasteiger partial charge in [-0.3, -0.25) is 4.79 Å². The van der Waals surface area contributed by atoms with Crippen molar-refractivity contribution >= 4 is 40.7 Å². The van der Waals surface area contributed by atoms with Crippen LogP contribution in [0.5, 0.6) is 0 Å². The number of amides is 1. The van der Waals surface area contributed by atoms with Crippen LogP contribution >= 0.6 is 34.8 Å². The molecule has 1 amide bonds. The van der Waals surface area contributed by atoms with E-state index in [4.69, 9.17) is 40.1 Å². The average molecular weight is 284 g/mol. The van der Waals surface area contributed by atoms with Gasteiger partial charge in [-0.2, -0.15) is 5.26 Å². The fourth-order valence-corrected chi connectivity index (χ4v) is 1.95. The highest BCUT2D eigenvalue weighted by Crippen LogP contribution is 2.33. The third-order valence-electron chi connectivity index (χ3n) is 2.95. The molecule has 6 heteroatoms. The number of alkyl halides is 3. The van der Waals surface area contributed by atoms with Gasteiger partial charge >= 0.3 is 0 Å². The molecule has 16 heavy (non-hydrogen) atoms. The summed E-state index contributed by atoms with van der Waals surface area (Å²) in [5.74, 6) is -0.153. The summed E-state index contributed by atoms with van der Waals surface area (Å²) in [6.07, 6.45) is 3.01. The number of nitriles is 1. The van der Waals surface area contributed by atoms with Crippen LogP contribution < -0.4 is 5.32 Å². The number of nitrogens with zero attached hydrogens (tertiary/aromatic N) is 1. The fraction of sp³-hybridized carbons (Fsp3) is 0.800. The molecule has 0 spiro atoms. The second-order valence-electron chi connectivity index (χ2n) is 4.33. The second-order valence-corrected chi connectivity index (χ2v) is 6.61. The van der Waals surface area contributed by atoms with Gasteiger partial charge in [-0.25, -0.2) is 0 Å². The van der Waals surface area contributed by atoms with Crippen LogP contribution in [0, 0.1) is 17.2 Å². The van der Waals surface area contributed by atoms with E-state index in [-0.39, 0.29) is 0 Å². The summed E-state index contributed by atoms with van der Waals surface area (Å²) in [5.41, 5.74) is -0.868. The molecule has 1 aliphatic rings. The molecule has 1 rings (SSSR count). The summed E-state index contributed by atoms with van der Waals surface area (Å²) in [6.45, 7) is 2.12. The van der Waals surface area contributed by atoms with Crippen molar-refractivity contribution in [3.05, 3.63) is 0 Å². The van der Waals surface area contributed by atoms with Crippen LogP contribution in [-0.4, -0.2) is 15.2 Å². The van der Waals surface area contributed by atoms with Crippen molar-refractivity contribution in [3.8, 4) is 6.07 Å². The first-order valence-corrected chi connectivity index (χ1v) is 6.23. The number of halogens is 3. The lowest BCUT2D eigenvalue weighted by Gasteiger charge is -2.35. The lowest BCUT2D eigenvalue weighted by molar-refractivity contribution is -0.122. The lowest BCUT2D eigenvalue weighted by Crippen LogP contribution is -2.52. The number of hydrogen-bond donors (Lipinski definition) is 1. The van der Waals surface area contributed by atoms with Gasteiger partial charge in [0.15, 0.2) is 0 Å². The van der Waals surface area contributed by atoms with Crippen LogP contribution in [0.1, 0.15) is 32.6 Å². The van der Waals surface area contributed by atoms with Crippen molar-refractivity contribution in [2.45, 2.75) is 41.9 Å². The van der Waals surface area contributed by atoms with Crippen molar-refractivity contribution in [2.24, 2.45) is 5.92 Å². The first-order valence-electron chi connectivity index (χ1n) is 5.10. The Labute approximate surface area is 110 Å². The van der Waals surface area contributed by atoms with Crippen molar-refractivity contribution in [1.82, 2.24) is 5.32 Å². The first-order chi connectivity index (χ1) is 7.29. The summed E-state index contributed by atoms with van der Waals surface area (Å²) < 4.78 is -2.01. The van der Waals surface area contributed by atoms with Gasteiger partial charge < -0.3 is 5.32 Å². The molecule has 1 N–H and O–H groups in total. The minimum absolute atomic E-state index is 0.575. The largest absolute Gasteiger partial charge is 0.334 e.